The molecule has 0 bridgehead atoms. The van der Waals surface area contributed by atoms with Gasteiger partial charge in [0.1, 0.15) is 0 Å². The number of carbonyl (C=O) groups is 1. The molecule has 2 atom stereocenters. The van der Waals surface area contributed by atoms with E-state index in [2.05, 4.69) is 32.1 Å². The molecule has 2 fully saturated rings. The predicted octanol–water partition coefficient (Wildman–Crippen LogP) is 1.36. The van der Waals surface area contributed by atoms with E-state index in [-0.39, 0.29) is 5.91 Å². The number of amides is 1. The van der Waals surface area contributed by atoms with Gasteiger partial charge < -0.3 is 15.1 Å². The number of likely N-dealkylation sites (N-methyl/N-ethyl adjacent to an activating group) is 1. The lowest BCUT2D eigenvalue weighted by Crippen LogP contribution is -2.47. The van der Waals surface area contributed by atoms with Crippen molar-refractivity contribution in [2.45, 2.75) is 44.2 Å². The normalized spacial score (nSPS) is 25.6. The standard InChI is InChI=1S/C16H25N5O/c1-20-11-2-5-13(20)14-6-3-12-21(14)15(22)7-10-19-16-17-8-4-9-18-16/h4,8-9,13-14H,2-3,5-7,10-12H2,1H3,(H,17,18,19)/t13-,14-/m1/s1. The largest absolute Gasteiger partial charge is 0.354 e. The van der Waals surface area contributed by atoms with Crippen molar-refractivity contribution < 1.29 is 4.79 Å². The van der Waals surface area contributed by atoms with Gasteiger partial charge in [-0.25, -0.2) is 9.97 Å². The highest BCUT2D eigenvalue weighted by Crippen LogP contribution is 2.29. The molecule has 0 saturated carbocycles. The van der Waals surface area contributed by atoms with Crippen LogP contribution in [0.25, 0.3) is 0 Å². The summed E-state index contributed by atoms with van der Waals surface area (Å²) in [5, 5.41) is 3.11. The third kappa shape index (κ3) is 3.38. The molecule has 2 aliphatic rings. The second-order valence-corrected chi connectivity index (χ2v) is 6.24. The molecule has 2 aliphatic heterocycles. The lowest BCUT2D eigenvalue weighted by molar-refractivity contribution is -0.132. The van der Waals surface area contributed by atoms with Crippen LogP contribution in [0.5, 0.6) is 0 Å². The van der Waals surface area contributed by atoms with Crippen LogP contribution in [0.15, 0.2) is 18.5 Å². The van der Waals surface area contributed by atoms with Crippen molar-refractivity contribution in [3.8, 4) is 0 Å². The van der Waals surface area contributed by atoms with Crippen LogP contribution in [0.1, 0.15) is 32.1 Å². The number of hydrogen-bond acceptors (Lipinski definition) is 5. The van der Waals surface area contributed by atoms with Crippen LogP contribution in [0.4, 0.5) is 5.95 Å². The van der Waals surface area contributed by atoms with Gasteiger partial charge in [-0.1, -0.05) is 0 Å². The maximum absolute atomic E-state index is 12.5. The summed E-state index contributed by atoms with van der Waals surface area (Å²) in [6, 6.07) is 2.74. The van der Waals surface area contributed by atoms with Crippen LogP contribution in [-0.4, -0.2) is 64.4 Å². The molecule has 0 aliphatic carbocycles. The fourth-order valence-electron chi connectivity index (χ4n) is 3.74. The average Bonchev–Trinajstić information content (AvgIpc) is 3.16. The number of nitrogens with zero attached hydrogens (tertiary/aromatic N) is 4. The Balaban J connectivity index is 1.50. The topological polar surface area (TPSA) is 61.4 Å². The number of carbonyl (C=O) groups excluding carboxylic acids is 1. The highest BCUT2D eigenvalue weighted by molar-refractivity contribution is 5.77. The Hall–Kier alpha value is -1.69. The lowest BCUT2D eigenvalue weighted by atomic mass is 10.0. The van der Waals surface area contributed by atoms with Gasteiger partial charge in [-0.2, -0.15) is 0 Å². The van der Waals surface area contributed by atoms with Crippen molar-refractivity contribution in [2.75, 3.05) is 32.0 Å². The molecule has 120 valence electrons. The zero-order chi connectivity index (χ0) is 15.4. The Morgan fingerprint density at radius 1 is 1.23 bits per heavy atom. The Bertz CT molecular complexity index is 495. The fraction of sp³-hybridized carbons (Fsp3) is 0.688. The molecule has 2 saturated heterocycles. The summed E-state index contributed by atoms with van der Waals surface area (Å²) in [6.45, 7) is 2.67. The third-order valence-corrected chi connectivity index (χ3v) is 4.83. The highest BCUT2D eigenvalue weighted by atomic mass is 16.2. The van der Waals surface area contributed by atoms with Crippen LogP contribution in [0, 0.1) is 0 Å². The first-order valence-electron chi connectivity index (χ1n) is 8.26. The molecule has 3 heterocycles. The number of anilines is 1. The van der Waals surface area contributed by atoms with E-state index in [0.717, 1.165) is 25.9 Å². The van der Waals surface area contributed by atoms with Gasteiger partial charge >= 0.3 is 0 Å². The second kappa shape index (κ2) is 7.05. The van der Waals surface area contributed by atoms with Crippen molar-refractivity contribution in [1.82, 2.24) is 19.8 Å². The van der Waals surface area contributed by atoms with E-state index in [1.807, 2.05) is 0 Å². The van der Waals surface area contributed by atoms with Crippen molar-refractivity contribution in [1.29, 1.82) is 0 Å². The first kappa shape index (κ1) is 15.2. The minimum atomic E-state index is 0.256. The molecule has 1 aromatic heterocycles. The van der Waals surface area contributed by atoms with Crippen molar-refractivity contribution >= 4 is 11.9 Å². The van der Waals surface area contributed by atoms with Crippen LogP contribution in [0.3, 0.4) is 0 Å². The molecular weight excluding hydrogens is 278 g/mol. The fourth-order valence-corrected chi connectivity index (χ4v) is 3.74. The number of hydrogen-bond donors (Lipinski definition) is 1. The molecule has 6 nitrogen and oxygen atoms in total. The molecule has 3 rings (SSSR count). The maximum atomic E-state index is 12.5. The predicted molar refractivity (Wildman–Crippen MR) is 85.5 cm³/mol. The lowest BCUT2D eigenvalue weighted by Gasteiger charge is -2.33. The van der Waals surface area contributed by atoms with E-state index in [1.54, 1.807) is 18.5 Å². The second-order valence-electron chi connectivity index (χ2n) is 6.24. The summed E-state index contributed by atoms with van der Waals surface area (Å²) in [4.78, 5) is 25.3. The zero-order valence-electron chi connectivity index (χ0n) is 13.2. The van der Waals surface area contributed by atoms with Crippen molar-refractivity contribution in [3.63, 3.8) is 0 Å². The summed E-state index contributed by atoms with van der Waals surface area (Å²) < 4.78 is 0. The molecule has 0 radical (unpaired) electrons. The average molecular weight is 303 g/mol. The smallest absolute Gasteiger partial charge is 0.224 e. The van der Waals surface area contributed by atoms with Gasteiger partial charge in [0.05, 0.1) is 0 Å². The zero-order valence-corrected chi connectivity index (χ0v) is 13.2. The molecule has 0 spiro atoms. The summed E-state index contributed by atoms with van der Waals surface area (Å²) in [5.74, 6) is 0.843. The summed E-state index contributed by atoms with van der Waals surface area (Å²) >= 11 is 0. The monoisotopic (exact) mass is 303 g/mol. The quantitative estimate of drug-likeness (QED) is 0.890. The van der Waals surface area contributed by atoms with Gasteiger partial charge in [-0.15, -0.1) is 0 Å². The number of aromatic nitrogens is 2. The molecular formula is C16H25N5O. The Kier molecular flexibility index (Phi) is 4.87. The van der Waals surface area contributed by atoms with Gasteiger partial charge in [-0.3, -0.25) is 4.79 Å². The van der Waals surface area contributed by atoms with E-state index in [1.165, 1.54) is 12.8 Å². The molecule has 1 aromatic rings. The summed E-state index contributed by atoms with van der Waals surface area (Å²) in [7, 11) is 2.19. The van der Waals surface area contributed by atoms with Gasteiger partial charge in [-0.05, 0) is 45.3 Å². The molecule has 0 aromatic carbocycles. The van der Waals surface area contributed by atoms with E-state index in [0.29, 0.717) is 31.0 Å². The van der Waals surface area contributed by atoms with Crippen LogP contribution in [-0.2, 0) is 4.79 Å². The molecule has 0 unspecified atom stereocenters. The molecule has 22 heavy (non-hydrogen) atoms. The highest BCUT2D eigenvalue weighted by Gasteiger charge is 2.37. The van der Waals surface area contributed by atoms with Crippen LogP contribution < -0.4 is 5.32 Å². The Labute approximate surface area is 131 Å². The number of nitrogens with one attached hydrogen (secondary N) is 1. The van der Waals surface area contributed by atoms with Gasteiger partial charge in [0, 0.05) is 44.0 Å². The molecule has 1 N–H and O–H groups in total. The molecule has 1 amide bonds. The number of rotatable bonds is 5. The van der Waals surface area contributed by atoms with E-state index in [4.69, 9.17) is 0 Å². The SMILES string of the molecule is CN1CCC[C@@H]1[C@H]1CCCN1C(=O)CCNc1ncccn1. The van der Waals surface area contributed by atoms with E-state index in [9.17, 15) is 4.79 Å². The van der Waals surface area contributed by atoms with E-state index >= 15 is 0 Å². The summed E-state index contributed by atoms with van der Waals surface area (Å²) in [6.07, 6.45) is 8.66. The first-order valence-corrected chi connectivity index (χ1v) is 8.26. The van der Waals surface area contributed by atoms with Gasteiger partial charge in [0.25, 0.3) is 0 Å². The minimum Gasteiger partial charge on any atom is -0.354 e. The molecule has 6 heteroatoms. The first-order chi connectivity index (χ1) is 10.8. The van der Waals surface area contributed by atoms with Crippen LogP contribution >= 0.6 is 0 Å². The number of likely N-dealkylation sites (tertiary alicyclic amines) is 2. The summed E-state index contributed by atoms with van der Waals surface area (Å²) in [5.41, 5.74) is 0. The van der Waals surface area contributed by atoms with Gasteiger partial charge in [0.2, 0.25) is 11.9 Å². The minimum absolute atomic E-state index is 0.256. The third-order valence-electron chi connectivity index (χ3n) is 4.83. The Morgan fingerprint density at radius 2 is 1.95 bits per heavy atom. The van der Waals surface area contributed by atoms with E-state index < -0.39 is 0 Å². The Morgan fingerprint density at radius 3 is 2.68 bits per heavy atom. The van der Waals surface area contributed by atoms with Crippen molar-refractivity contribution in [2.24, 2.45) is 0 Å². The maximum Gasteiger partial charge on any atom is 0.224 e. The van der Waals surface area contributed by atoms with Crippen molar-refractivity contribution in [3.05, 3.63) is 18.5 Å². The van der Waals surface area contributed by atoms with Gasteiger partial charge in [0.15, 0.2) is 0 Å². The van der Waals surface area contributed by atoms with Crippen LogP contribution in [0.2, 0.25) is 0 Å².